The Morgan fingerprint density at radius 2 is 1.89 bits per heavy atom. The van der Waals surface area contributed by atoms with Crippen molar-refractivity contribution in [1.29, 1.82) is 0 Å². The number of rotatable bonds is 6. The maximum atomic E-state index is 12.3. The van der Waals surface area contributed by atoms with Crippen LogP contribution in [0.2, 0.25) is 0 Å². The van der Waals surface area contributed by atoms with Crippen LogP contribution in [0.25, 0.3) is 17.2 Å². The van der Waals surface area contributed by atoms with Crippen LogP contribution in [0.3, 0.4) is 0 Å². The van der Waals surface area contributed by atoms with Crippen LogP contribution in [0.5, 0.6) is 0 Å². The molecule has 0 aliphatic carbocycles. The number of carbonyl (C=O) groups is 1. The maximum Gasteiger partial charge on any atom is 0.332 e. The van der Waals surface area contributed by atoms with Crippen molar-refractivity contribution in [3.05, 3.63) is 69.1 Å². The number of aryl methyl sites for hydroxylation is 2. The molecule has 0 aliphatic heterocycles. The third-order valence-corrected chi connectivity index (χ3v) is 4.22. The van der Waals surface area contributed by atoms with Gasteiger partial charge in [-0.2, -0.15) is 0 Å². The number of esters is 1. The number of hydrogen-bond acceptors (Lipinski definition) is 5. The lowest BCUT2D eigenvalue weighted by Gasteiger charge is -2.06. The summed E-state index contributed by atoms with van der Waals surface area (Å²) in [6, 6.07) is 9.71. The van der Waals surface area contributed by atoms with E-state index in [4.69, 9.17) is 4.74 Å². The molecule has 140 valence electrons. The van der Waals surface area contributed by atoms with Gasteiger partial charge in [0.25, 0.3) is 5.56 Å². The van der Waals surface area contributed by atoms with Gasteiger partial charge >= 0.3 is 11.7 Å². The van der Waals surface area contributed by atoms with Crippen LogP contribution in [0.1, 0.15) is 12.0 Å². The lowest BCUT2D eigenvalue weighted by atomic mass is 10.2. The molecule has 27 heavy (non-hydrogen) atoms. The van der Waals surface area contributed by atoms with Crippen molar-refractivity contribution < 1.29 is 9.53 Å². The molecule has 0 fully saturated rings. The average Bonchev–Trinajstić information content (AvgIpc) is 3.11. The molecule has 1 aromatic carbocycles. The Labute approximate surface area is 154 Å². The van der Waals surface area contributed by atoms with Crippen LogP contribution in [-0.2, 0) is 30.2 Å². The van der Waals surface area contributed by atoms with E-state index < -0.39 is 11.2 Å². The fraction of sp³-hybridized carbons (Fsp3) is 0.263. The molecule has 0 unspecified atom stereocenters. The van der Waals surface area contributed by atoms with E-state index in [0.717, 1.165) is 10.1 Å². The highest BCUT2D eigenvalue weighted by Gasteiger charge is 2.14. The van der Waals surface area contributed by atoms with Crippen molar-refractivity contribution >= 4 is 23.2 Å². The second-order valence-corrected chi connectivity index (χ2v) is 6.06. The van der Waals surface area contributed by atoms with Gasteiger partial charge in [0.05, 0.1) is 12.7 Å². The Morgan fingerprint density at radius 1 is 1.15 bits per heavy atom. The molecule has 8 nitrogen and oxygen atoms in total. The van der Waals surface area contributed by atoms with Gasteiger partial charge in [-0.1, -0.05) is 36.4 Å². The van der Waals surface area contributed by atoms with Crippen molar-refractivity contribution in [3.8, 4) is 0 Å². The first-order valence-electron chi connectivity index (χ1n) is 8.47. The smallest absolute Gasteiger partial charge is 0.332 e. The molecular weight excluding hydrogens is 348 g/mol. The largest absolute Gasteiger partial charge is 0.461 e. The molecule has 0 aliphatic rings. The monoisotopic (exact) mass is 368 g/mol. The molecule has 2 aromatic heterocycles. The third-order valence-electron chi connectivity index (χ3n) is 4.22. The van der Waals surface area contributed by atoms with Gasteiger partial charge in [-0.3, -0.25) is 18.7 Å². The fourth-order valence-electron chi connectivity index (χ4n) is 2.74. The molecule has 0 atom stereocenters. The maximum absolute atomic E-state index is 12.3. The molecule has 0 spiro atoms. The zero-order chi connectivity index (χ0) is 19.4. The van der Waals surface area contributed by atoms with Gasteiger partial charge in [0.2, 0.25) is 0 Å². The van der Waals surface area contributed by atoms with Gasteiger partial charge in [-0.15, -0.1) is 0 Å². The van der Waals surface area contributed by atoms with E-state index in [0.29, 0.717) is 5.65 Å². The fourth-order valence-corrected chi connectivity index (χ4v) is 2.74. The third kappa shape index (κ3) is 3.89. The molecule has 0 bridgehead atoms. The molecule has 8 heteroatoms. The summed E-state index contributed by atoms with van der Waals surface area (Å²) in [6.45, 7) is 0.417. The summed E-state index contributed by atoms with van der Waals surface area (Å²) in [4.78, 5) is 40.3. The first kappa shape index (κ1) is 18.4. The minimum absolute atomic E-state index is 0.0939. The first-order chi connectivity index (χ1) is 13.0. The van der Waals surface area contributed by atoms with E-state index in [-0.39, 0.29) is 31.1 Å². The number of ether oxygens (including phenoxy) is 1. The predicted molar refractivity (Wildman–Crippen MR) is 101 cm³/mol. The molecule has 0 N–H and O–H groups in total. The second-order valence-electron chi connectivity index (χ2n) is 6.06. The number of aromatic nitrogens is 4. The van der Waals surface area contributed by atoms with E-state index in [1.54, 1.807) is 17.7 Å². The van der Waals surface area contributed by atoms with E-state index >= 15 is 0 Å². The second kappa shape index (κ2) is 7.86. The normalized spacial score (nSPS) is 11.3. The lowest BCUT2D eigenvalue weighted by Crippen LogP contribution is -2.37. The minimum atomic E-state index is -0.442. The standard InChI is InChI=1S/C19H20N4O4/c1-21-17-16(18(25)22(2)19(21)26)23(13-20-17)11-10-15(24)27-12-6-9-14-7-4-3-5-8-14/h3-9,13H,10-12H2,1-2H3. The highest BCUT2D eigenvalue weighted by molar-refractivity contribution is 5.72. The Morgan fingerprint density at radius 3 is 2.63 bits per heavy atom. The summed E-state index contributed by atoms with van der Waals surface area (Å²) < 4.78 is 9.07. The summed E-state index contributed by atoms with van der Waals surface area (Å²) in [6.07, 6.45) is 5.19. The van der Waals surface area contributed by atoms with Crippen LogP contribution in [0.4, 0.5) is 0 Å². The van der Waals surface area contributed by atoms with Crippen LogP contribution in [0.15, 0.2) is 52.3 Å². The van der Waals surface area contributed by atoms with Crippen LogP contribution in [-0.4, -0.2) is 31.3 Å². The molecule has 3 aromatic rings. The Hall–Kier alpha value is -3.42. The first-order valence-corrected chi connectivity index (χ1v) is 8.47. The van der Waals surface area contributed by atoms with Gasteiger partial charge < -0.3 is 9.30 Å². The van der Waals surface area contributed by atoms with Crippen LogP contribution < -0.4 is 11.2 Å². The number of benzene rings is 1. The Kier molecular flexibility index (Phi) is 5.35. The molecule has 3 rings (SSSR count). The molecule has 0 saturated heterocycles. The number of carbonyl (C=O) groups excluding carboxylic acids is 1. The van der Waals surface area contributed by atoms with Gasteiger partial charge in [-0.05, 0) is 11.6 Å². The highest BCUT2D eigenvalue weighted by Crippen LogP contribution is 2.07. The molecular formula is C19H20N4O4. The van der Waals surface area contributed by atoms with Crippen molar-refractivity contribution in [1.82, 2.24) is 18.7 Å². The zero-order valence-corrected chi connectivity index (χ0v) is 15.2. The van der Waals surface area contributed by atoms with Crippen molar-refractivity contribution in [2.24, 2.45) is 14.1 Å². The number of fused-ring (bicyclic) bond motifs is 1. The molecule has 0 radical (unpaired) electrons. The van der Waals surface area contributed by atoms with Crippen molar-refractivity contribution in [3.63, 3.8) is 0 Å². The van der Waals surface area contributed by atoms with E-state index in [1.165, 1.54) is 17.9 Å². The van der Waals surface area contributed by atoms with E-state index in [2.05, 4.69) is 4.98 Å². The Bertz CT molecular complexity index is 1110. The zero-order valence-electron chi connectivity index (χ0n) is 15.2. The lowest BCUT2D eigenvalue weighted by molar-refractivity contribution is -0.142. The van der Waals surface area contributed by atoms with Gasteiger partial charge in [-0.25, -0.2) is 9.78 Å². The summed E-state index contributed by atoms with van der Waals surface area (Å²) >= 11 is 0. The van der Waals surface area contributed by atoms with Crippen LogP contribution in [0, 0.1) is 0 Å². The highest BCUT2D eigenvalue weighted by atomic mass is 16.5. The van der Waals surface area contributed by atoms with Crippen molar-refractivity contribution in [2.45, 2.75) is 13.0 Å². The quantitative estimate of drug-likeness (QED) is 0.608. The van der Waals surface area contributed by atoms with Gasteiger partial charge in [0, 0.05) is 20.6 Å². The summed E-state index contributed by atoms with van der Waals surface area (Å²) in [7, 11) is 2.96. The number of hydrogen-bond donors (Lipinski definition) is 0. The Balaban J connectivity index is 1.62. The SMILES string of the molecule is Cn1c(=O)c2c(ncn2CCC(=O)OCC=Cc2ccccc2)n(C)c1=O. The van der Waals surface area contributed by atoms with E-state index in [9.17, 15) is 14.4 Å². The van der Waals surface area contributed by atoms with Gasteiger partial charge in [0.15, 0.2) is 11.2 Å². The minimum Gasteiger partial charge on any atom is -0.461 e. The van der Waals surface area contributed by atoms with Crippen LogP contribution >= 0.6 is 0 Å². The molecule has 0 amide bonds. The number of imidazole rings is 1. The summed E-state index contributed by atoms with van der Waals surface area (Å²) in [5, 5.41) is 0. The number of nitrogens with zero attached hydrogens (tertiary/aromatic N) is 4. The predicted octanol–water partition coefficient (Wildman–Crippen LogP) is 1.08. The van der Waals surface area contributed by atoms with E-state index in [1.807, 2.05) is 36.4 Å². The topological polar surface area (TPSA) is 88.1 Å². The molecule has 0 saturated carbocycles. The van der Waals surface area contributed by atoms with Gasteiger partial charge in [0.1, 0.15) is 6.61 Å². The summed E-state index contributed by atoms with van der Waals surface area (Å²) in [5.41, 5.74) is 0.727. The molecule has 2 heterocycles. The average molecular weight is 368 g/mol. The summed E-state index contributed by atoms with van der Waals surface area (Å²) in [5.74, 6) is -0.379. The van der Waals surface area contributed by atoms with Crippen molar-refractivity contribution in [2.75, 3.05) is 6.61 Å².